The molecule has 2 aromatic carbocycles. The number of hydrogen-bond acceptors (Lipinski definition) is 8. The van der Waals surface area contributed by atoms with Gasteiger partial charge in [0.1, 0.15) is 18.2 Å². The summed E-state index contributed by atoms with van der Waals surface area (Å²) < 4.78 is 25.7. The number of ether oxygens (including phenoxy) is 2. The molecule has 0 amide bonds. The van der Waals surface area contributed by atoms with E-state index >= 15 is 0 Å². The van der Waals surface area contributed by atoms with Gasteiger partial charge < -0.3 is 19.4 Å². The molecule has 2 heterocycles. The van der Waals surface area contributed by atoms with Crippen molar-refractivity contribution in [3.05, 3.63) is 96.4 Å². The van der Waals surface area contributed by atoms with Crippen LogP contribution in [0, 0.1) is 5.82 Å². The maximum absolute atomic E-state index is 13.6. The third-order valence-corrected chi connectivity index (χ3v) is 6.22. The lowest BCUT2D eigenvalue weighted by molar-refractivity contribution is -0.307. The lowest BCUT2D eigenvalue weighted by Gasteiger charge is -2.24. The van der Waals surface area contributed by atoms with E-state index in [1.807, 2.05) is 0 Å². The normalized spacial score (nSPS) is 15.4. The summed E-state index contributed by atoms with van der Waals surface area (Å²) in [7, 11) is 0. The number of benzene rings is 2. The van der Waals surface area contributed by atoms with Crippen molar-refractivity contribution in [2.24, 2.45) is 4.99 Å². The number of hydrogen-bond donors (Lipinski definition) is 0. The van der Waals surface area contributed by atoms with E-state index in [0.717, 1.165) is 11.3 Å². The Morgan fingerprint density at radius 3 is 2.49 bits per heavy atom. The number of aromatic nitrogens is 1. The predicted octanol–water partition coefficient (Wildman–Crippen LogP) is 1.07. The Morgan fingerprint density at radius 2 is 1.86 bits per heavy atom. The molecule has 35 heavy (non-hydrogen) atoms. The van der Waals surface area contributed by atoms with E-state index in [9.17, 15) is 23.9 Å². The van der Waals surface area contributed by atoms with Crippen LogP contribution in [0.4, 0.5) is 4.39 Å². The van der Waals surface area contributed by atoms with E-state index in [2.05, 4.69) is 4.99 Å². The number of fused-ring (bicyclic) bond motifs is 1. The first-order valence-electron chi connectivity index (χ1n) is 10.7. The highest BCUT2D eigenvalue weighted by Crippen LogP contribution is 2.30. The Morgan fingerprint density at radius 1 is 1.17 bits per heavy atom. The van der Waals surface area contributed by atoms with Gasteiger partial charge in [-0.1, -0.05) is 35.6 Å². The molecule has 0 fully saturated rings. The van der Waals surface area contributed by atoms with E-state index < -0.39 is 30.4 Å². The molecule has 1 aromatic heterocycles. The van der Waals surface area contributed by atoms with Crippen LogP contribution in [-0.4, -0.2) is 29.7 Å². The first-order chi connectivity index (χ1) is 16.8. The molecule has 0 N–H and O–H groups in total. The Bertz CT molecular complexity index is 1490. The van der Waals surface area contributed by atoms with Gasteiger partial charge in [0.05, 0.1) is 34.4 Å². The SMILES string of the molecule is CCOC(=O)C1=C(C)N=c2s/c(=C/c3ccc(OCC(=O)[O-])cc3)c(=O)n2[C@@H]1c1ccc(F)cc1. The minimum absolute atomic E-state index is 0.152. The monoisotopic (exact) mass is 495 g/mol. The second-order valence-corrected chi connectivity index (χ2v) is 8.59. The van der Waals surface area contributed by atoms with Crippen LogP contribution in [-0.2, 0) is 14.3 Å². The number of carbonyl (C=O) groups excluding carboxylic acids is 2. The van der Waals surface area contributed by atoms with Crippen molar-refractivity contribution in [2.45, 2.75) is 19.9 Å². The number of carboxylic acid groups (broad SMARTS) is 1. The Hall–Kier alpha value is -4.05. The summed E-state index contributed by atoms with van der Waals surface area (Å²) in [5.41, 5.74) is 1.49. The standard InChI is InChI=1S/C25H21FN2O6S/c1-3-33-24(32)21-14(2)27-25-28(22(21)16-6-8-17(26)9-7-16)23(31)19(35-25)12-15-4-10-18(11-5-15)34-13-20(29)30/h4-12,22H,3,13H2,1-2H3,(H,29,30)/p-1/b19-12+/t22-/m1/s1. The number of rotatable bonds is 7. The zero-order valence-electron chi connectivity index (χ0n) is 18.8. The molecule has 0 aliphatic carbocycles. The minimum Gasteiger partial charge on any atom is -0.546 e. The van der Waals surface area contributed by atoms with Crippen LogP contribution >= 0.6 is 11.3 Å². The summed E-state index contributed by atoms with van der Waals surface area (Å²) >= 11 is 1.16. The van der Waals surface area contributed by atoms with Gasteiger partial charge in [-0.05, 0) is 55.3 Å². The van der Waals surface area contributed by atoms with Crippen molar-refractivity contribution < 1.29 is 28.6 Å². The largest absolute Gasteiger partial charge is 0.546 e. The molecule has 0 saturated heterocycles. The van der Waals surface area contributed by atoms with E-state index in [-0.39, 0.29) is 17.7 Å². The van der Waals surface area contributed by atoms with Crippen molar-refractivity contribution >= 4 is 29.4 Å². The maximum Gasteiger partial charge on any atom is 0.338 e. The van der Waals surface area contributed by atoms with E-state index in [1.54, 1.807) is 44.2 Å². The summed E-state index contributed by atoms with van der Waals surface area (Å²) in [5.74, 6) is -2.02. The van der Waals surface area contributed by atoms with Crippen molar-refractivity contribution in [1.29, 1.82) is 0 Å². The lowest BCUT2D eigenvalue weighted by atomic mass is 9.96. The molecule has 1 aliphatic heterocycles. The molecule has 1 aliphatic rings. The van der Waals surface area contributed by atoms with Crippen LogP contribution in [0.2, 0.25) is 0 Å². The van der Waals surface area contributed by atoms with Gasteiger partial charge in [0.2, 0.25) is 0 Å². The molecule has 0 spiro atoms. The summed E-state index contributed by atoms with van der Waals surface area (Å²) in [4.78, 5) is 41.7. The van der Waals surface area contributed by atoms with Crippen LogP contribution in [0.25, 0.3) is 6.08 Å². The Balaban J connectivity index is 1.81. The molecule has 0 unspecified atom stereocenters. The molecule has 4 rings (SSSR count). The van der Waals surface area contributed by atoms with Gasteiger partial charge >= 0.3 is 5.97 Å². The molecule has 8 nitrogen and oxygen atoms in total. The molecule has 180 valence electrons. The number of carbonyl (C=O) groups is 2. The lowest BCUT2D eigenvalue weighted by Crippen LogP contribution is -2.39. The van der Waals surface area contributed by atoms with Crippen LogP contribution in [0.1, 0.15) is 31.0 Å². The number of thiazole rings is 1. The van der Waals surface area contributed by atoms with Crippen LogP contribution in [0.5, 0.6) is 5.75 Å². The van der Waals surface area contributed by atoms with Crippen LogP contribution in [0.15, 0.2) is 69.6 Å². The fraction of sp³-hybridized carbons (Fsp3) is 0.200. The number of allylic oxidation sites excluding steroid dienone is 1. The van der Waals surface area contributed by atoms with Gasteiger partial charge in [0.25, 0.3) is 5.56 Å². The number of aliphatic carboxylic acids is 1. The molecule has 0 radical (unpaired) electrons. The molecule has 0 saturated carbocycles. The first-order valence-corrected chi connectivity index (χ1v) is 11.5. The van der Waals surface area contributed by atoms with Crippen molar-refractivity contribution in [3.63, 3.8) is 0 Å². The molecule has 10 heteroatoms. The highest BCUT2D eigenvalue weighted by atomic mass is 32.1. The maximum atomic E-state index is 13.6. The average Bonchev–Trinajstić information content (AvgIpc) is 3.12. The highest BCUT2D eigenvalue weighted by Gasteiger charge is 2.33. The Kier molecular flexibility index (Phi) is 6.92. The summed E-state index contributed by atoms with van der Waals surface area (Å²) in [5, 5.41) is 10.5. The fourth-order valence-corrected chi connectivity index (χ4v) is 4.75. The molecule has 1 atom stereocenters. The second kappa shape index (κ2) is 10.1. The van der Waals surface area contributed by atoms with Crippen molar-refractivity contribution in [3.8, 4) is 5.75 Å². The first kappa shape index (κ1) is 24.1. The number of nitrogens with zero attached hydrogens (tertiary/aromatic N) is 2. The smallest absolute Gasteiger partial charge is 0.338 e. The van der Waals surface area contributed by atoms with Gasteiger partial charge in [0.15, 0.2) is 4.80 Å². The van der Waals surface area contributed by atoms with E-state index in [1.165, 1.54) is 28.8 Å². The van der Waals surface area contributed by atoms with Gasteiger partial charge in [-0.2, -0.15) is 0 Å². The molecule has 0 bridgehead atoms. The third-order valence-electron chi connectivity index (χ3n) is 5.24. The topological polar surface area (TPSA) is 110 Å². The zero-order chi connectivity index (χ0) is 25.1. The van der Waals surface area contributed by atoms with Gasteiger partial charge in [0, 0.05) is 0 Å². The average molecular weight is 496 g/mol. The summed E-state index contributed by atoms with van der Waals surface area (Å²) in [6.07, 6.45) is 1.66. The number of halogens is 1. The summed E-state index contributed by atoms with van der Waals surface area (Å²) in [6.45, 7) is 2.94. The van der Waals surface area contributed by atoms with Crippen LogP contribution in [0.3, 0.4) is 0 Å². The summed E-state index contributed by atoms with van der Waals surface area (Å²) in [6, 6.07) is 11.3. The van der Waals surface area contributed by atoms with Crippen molar-refractivity contribution in [2.75, 3.05) is 13.2 Å². The van der Waals surface area contributed by atoms with E-state index in [4.69, 9.17) is 9.47 Å². The number of carboxylic acids is 1. The molecular formula is C25H20FN2O6S-. The predicted molar refractivity (Wildman–Crippen MR) is 124 cm³/mol. The molecule has 3 aromatic rings. The molecular weight excluding hydrogens is 475 g/mol. The van der Waals surface area contributed by atoms with E-state index in [0.29, 0.717) is 31.9 Å². The van der Waals surface area contributed by atoms with Gasteiger partial charge in [-0.3, -0.25) is 9.36 Å². The quantitative estimate of drug-likeness (QED) is 0.454. The van der Waals surface area contributed by atoms with Crippen LogP contribution < -0.4 is 24.7 Å². The third kappa shape index (κ3) is 5.07. The van der Waals surface area contributed by atoms with Gasteiger partial charge in [-0.15, -0.1) is 0 Å². The van der Waals surface area contributed by atoms with Crippen molar-refractivity contribution in [1.82, 2.24) is 4.57 Å². The Labute approximate surface area is 202 Å². The second-order valence-electron chi connectivity index (χ2n) is 7.58. The minimum atomic E-state index is -1.33. The highest BCUT2D eigenvalue weighted by molar-refractivity contribution is 7.07. The van der Waals surface area contributed by atoms with Gasteiger partial charge in [-0.25, -0.2) is 14.2 Å². The zero-order valence-corrected chi connectivity index (χ0v) is 19.6. The fourth-order valence-electron chi connectivity index (χ4n) is 3.71. The number of esters is 1.